The van der Waals surface area contributed by atoms with Gasteiger partial charge in [0.2, 0.25) is 5.91 Å². The molecule has 206 valence electrons. The molecule has 1 amide bonds. The van der Waals surface area contributed by atoms with Gasteiger partial charge in [-0.1, -0.05) is 19.1 Å². The number of nitrogens with zero attached hydrogens (tertiary/aromatic N) is 4. The number of aromatic nitrogens is 2. The Bertz CT molecular complexity index is 1140. The Morgan fingerprint density at radius 1 is 1.16 bits per heavy atom. The molecular weight excluding hydrogens is 507 g/mol. The van der Waals surface area contributed by atoms with E-state index in [1.165, 1.54) is 22.6 Å². The van der Waals surface area contributed by atoms with E-state index in [1.54, 1.807) is 11.8 Å². The van der Waals surface area contributed by atoms with Gasteiger partial charge >= 0.3 is 6.18 Å². The number of likely N-dealkylation sites (N-methyl/N-ethyl adjacent to an activating group) is 1. The number of rotatable bonds is 11. The number of carbonyl (C=O) groups is 1. The van der Waals surface area contributed by atoms with Crippen LogP contribution in [0, 0.1) is 6.92 Å². The Labute approximate surface area is 216 Å². The number of alkyl halides is 3. The summed E-state index contributed by atoms with van der Waals surface area (Å²) < 4.78 is 65.3. The van der Waals surface area contributed by atoms with E-state index in [0.717, 1.165) is 43.6 Å². The topological polar surface area (TPSA) is 89.6 Å². The molecule has 8 nitrogen and oxygen atoms in total. The lowest BCUT2D eigenvalue weighted by molar-refractivity contribution is -0.137. The lowest BCUT2D eigenvalue weighted by Gasteiger charge is -2.28. The summed E-state index contributed by atoms with van der Waals surface area (Å²) >= 11 is 0. The largest absolute Gasteiger partial charge is 0.416 e. The van der Waals surface area contributed by atoms with Crippen molar-refractivity contribution in [3.05, 3.63) is 47.4 Å². The number of hydrogen-bond acceptors (Lipinski definition) is 5. The molecule has 1 unspecified atom stereocenters. The molecule has 1 aliphatic rings. The number of imidazole rings is 1. The Morgan fingerprint density at radius 3 is 2.46 bits per heavy atom. The Morgan fingerprint density at radius 2 is 1.86 bits per heavy atom. The summed E-state index contributed by atoms with van der Waals surface area (Å²) in [6.45, 7) is 8.55. The zero-order valence-corrected chi connectivity index (χ0v) is 22.4. The van der Waals surface area contributed by atoms with E-state index in [2.05, 4.69) is 28.7 Å². The van der Waals surface area contributed by atoms with Crippen molar-refractivity contribution in [3.63, 3.8) is 0 Å². The van der Waals surface area contributed by atoms with Gasteiger partial charge in [0.05, 0.1) is 18.3 Å². The highest BCUT2D eigenvalue weighted by Gasteiger charge is 2.32. The highest BCUT2D eigenvalue weighted by molar-refractivity contribution is 7.89. The summed E-state index contributed by atoms with van der Waals surface area (Å²) in [5.74, 6) is 0.288. The molecule has 0 aliphatic carbocycles. The number of sulfonamides is 1. The van der Waals surface area contributed by atoms with Crippen molar-refractivity contribution in [2.24, 2.45) is 0 Å². The van der Waals surface area contributed by atoms with Gasteiger partial charge in [-0.05, 0) is 70.3 Å². The van der Waals surface area contributed by atoms with E-state index >= 15 is 0 Å². The third kappa shape index (κ3) is 7.78. The number of benzene rings is 1. The highest BCUT2D eigenvalue weighted by atomic mass is 32.2. The molecule has 1 N–H and O–H groups in total. The number of carbonyl (C=O) groups excluding carboxylic acids is 1. The second kappa shape index (κ2) is 12.4. The molecule has 2 aromatic rings. The zero-order chi connectivity index (χ0) is 27.2. The summed E-state index contributed by atoms with van der Waals surface area (Å²) in [4.78, 5) is 23.5. The fourth-order valence-corrected chi connectivity index (χ4v) is 6.00. The maximum Gasteiger partial charge on any atom is 0.416 e. The second-order valence-electron chi connectivity index (χ2n) is 9.49. The van der Waals surface area contributed by atoms with Crippen LogP contribution < -0.4 is 0 Å². The van der Waals surface area contributed by atoms with Crippen LogP contribution in [-0.4, -0.2) is 83.7 Å². The van der Waals surface area contributed by atoms with Crippen LogP contribution in [0.2, 0.25) is 0 Å². The Balaban J connectivity index is 1.46. The molecule has 1 aliphatic heterocycles. The molecule has 1 aromatic carbocycles. The van der Waals surface area contributed by atoms with Crippen LogP contribution in [-0.2, 0) is 27.4 Å². The van der Waals surface area contributed by atoms with Crippen LogP contribution in [0.4, 0.5) is 13.2 Å². The summed E-state index contributed by atoms with van der Waals surface area (Å²) in [6, 6.07) is 5.48. The van der Waals surface area contributed by atoms with E-state index in [9.17, 15) is 26.4 Å². The van der Waals surface area contributed by atoms with Gasteiger partial charge in [-0.15, -0.1) is 0 Å². The molecule has 1 fully saturated rings. The molecule has 1 atom stereocenters. The summed E-state index contributed by atoms with van der Waals surface area (Å²) in [5, 5.41) is -0.00341. The van der Waals surface area contributed by atoms with Gasteiger partial charge in [-0.2, -0.15) is 17.5 Å². The number of halogens is 3. The molecule has 0 bridgehead atoms. The molecule has 0 spiro atoms. The van der Waals surface area contributed by atoms with Crippen LogP contribution in [0.5, 0.6) is 0 Å². The lowest BCUT2D eigenvalue weighted by Crippen LogP contribution is -2.40. The molecule has 3 rings (SSSR count). The van der Waals surface area contributed by atoms with Crippen LogP contribution in [0.15, 0.2) is 35.5 Å². The number of H-pyrrole nitrogens is 1. The average Bonchev–Trinajstić information content (AvgIpc) is 3.19. The fraction of sp³-hybridized carbons (Fsp3) is 0.600. The third-order valence-electron chi connectivity index (χ3n) is 6.76. The van der Waals surface area contributed by atoms with E-state index in [0.29, 0.717) is 31.8 Å². The first-order valence-electron chi connectivity index (χ1n) is 12.6. The van der Waals surface area contributed by atoms with Gasteiger partial charge in [0.1, 0.15) is 5.82 Å². The van der Waals surface area contributed by atoms with Crippen molar-refractivity contribution in [2.45, 2.75) is 63.7 Å². The number of hydrogen-bond donors (Lipinski definition) is 1. The van der Waals surface area contributed by atoms with E-state index < -0.39 is 21.8 Å². The van der Waals surface area contributed by atoms with Crippen molar-refractivity contribution in [1.29, 1.82) is 0 Å². The van der Waals surface area contributed by atoms with Crippen molar-refractivity contribution in [1.82, 2.24) is 24.1 Å². The molecule has 0 saturated carbocycles. The minimum atomic E-state index is -4.33. The van der Waals surface area contributed by atoms with Gasteiger partial charge in [0.15, 0.2) is 5.03 Å². The monoisotopic (exact) mass is 543 g/mol. The summed E-state index contributed by atoms with van der Waals surface area (Å²) in [7, 11) is -3.80. The third-order valence-corrected chi connectivity index (χ3v) is 8.52. The summed E-state index contributed by atoms with van der Waals surface area (Å²) in [5.41, 5.74) is 0.218. The van der Waals surface area contributed by atoms with Crippen molar-refractivity contribution < 1.29 is 26.4 Å². The van der Waals surface area contributed by atoms with Gasteiger partial charge in [0, 0.05) is 25.7 Å². The highest BCUT2D eigenvalue weighted by Crippen LogP contribution is 2.29. The molecule has 1 aromatic heterocycles. The van der Waals surface area contributed by atoms with Gasteiger partial charge in [0.25, 0.3) is 10.0 Å². The number of aromatic amines is 1. The molecular formula is C25H36F3N5O3S. The molecule has 2 heterocycles. The first kappa shape index (κ1) is 29.1. The van der Waals surface area contributed by atoms with Crippen LogP contribution >= 0.6 is 0 Å². The van der Waals surface area contributed by atoms with Crippen LogP contribution in [0.25, 0.3) is 0 Å². The zero-order valence-electron chi connectivity index (χ0n) is 21.6. The maximum absolute atomic E-state index is 12.9. The quantitative estimate of drug-likeness (QED) is 0.437. The SMILES string of the molecule is CCN(CCCCN1CCCN(S(=O)(=O)c2cnc(C)[nH]2)CC1=O)C(C)Cc1ccc(C(F)(F)F)cc1. The normalized spacial score (nSPS) is 16.8. The number of unbranched alkanes of at least 4 members (excludes halogenated alkanes) is 1. The Kier molecular flexibility index (Phi) is 9.76. The minimum absolute atomic E-state index is 0.00341. The smallest absolute Gasteiger partial charge is 0.342 e. The predicted molar refractivity (Wildman–Crippen MR) is 134 cm³/mol. The van der Waals surface area contributed by atoms with Crippen molar-refractivity contribution in [2.75, 3.05) is 39.3 Å². The standard InChI is InChI=1S/C25H36F3N5O3S/c1-4-31(19(2)16-21-8-10-22(11-9-21)25(26,27)28)12-5-6-13-32-14-7-15-33(18-24(32)34)37(35,36)23-17-29-20(3)30-23/h8-11,17,19H,4-7,12-16,18H2,1-3H3,(H,29,30). The van der Waals surface area contributed by atoms with Gasteiger partial charge in [-0.3, -0.25) is 4.79 Å². The Hall–Kier alpha value is -2.44. The first-order valence-corrected chi connectivity index (χ1v) is 14.1. The minimum Gasteiger partial charge on any atom is -0.342 e. The van der Waals surface area contributed by atoms with Crippen LogP contribution in [0.1, 0.15) is 50.1 Å². The van der Waals surface area contributed by atoms with Crippen molar-refractivity contribution in [3.8, 4) is 0 Å². The molecule has 12 heteroatoms. The van der Waals surface area contributed by atoms with Gasteiger partial charge in [-0.25, -0.2) is 13.4 Å². The molecule has 37 heavy (non-hydrogen) atoms. The van der Waals surface area contributed by atoms with Gasteiger partial charge < -0.3 is 14.8 Å². The molecule has 1 saturated heterocycles. The second-order valence-corrected chi connectivity index (χ2v) is 11.4. The number of aryl methyl sites for hydroxylation is 1. The molecule has 0 radical (unpaired) electrons. The van der Waals surface area contributed by atoms with Crippen molar-refractivity contribution >= 4 is 15.9 Å². The lowest BCUT2D eigenvalue weighted by atomic mass is 10.0. The van der Waals surface area contributed by atoms with Crippen LogP contribution in [0.3, 0.4) is 0 Å². The summed E-state index contributed by atoms with van der Waals surface area (Å²) in [6.07, 6.45) is -0.220. The first-order chi connectivity index (χ1) is 17.4. The van der Waals surface area contributed by atoms with E-state index in [-0.39, 0.29) is 30.1 Å². The van der Waals surface area contributed by atoms with E-state index in [1.807, 2.05) is 0 Å². The number of amides is 1. The number of nitrogens with one attached hydrogen (secondary N) is 1. The predicted octanol–water partition coefficient (Wildman–Crippen LogP) is 3.69. The maximum atomic E-state index is 12.9. The van der Waals surface area contributed by atoms with E-state index in [4.69, 9.17) is 0 Å². The fourth-order valence-electron chi connectivity index (χ4n) is 4.61. The average molecular weight is 544 g/mol.